The molecule has 1 aromatic heterocycles. The van der Waals surface area contributed by atoms with Crippen LogP contribution in [-0.2, 0) is 6.54 Å². The largest absolute Gasteiger partial charge is 0.396 e. The molecule has 0 aromatic carbocycles. The standard InChI is InChI=1S/C10H19N3O/c1-8(2)9(3-6-14)13-7-10-11-4-5-12-10/h4-5,8-9,13-14H,3,6-7H2,1-2H3,(H,11,12). The highest BCUT2D eigenvalue weighted by atomic mass is 16.3. The molecule has 1 rings (SSSR count). The number of H-pyrrole nitrogens is 1. The van der Waals surface area contributed by atoms with Gasteiger partial charge in [0.1, 0.15) is 5.82 Å². The third-order valence-electron chi connectivity index (χ3n) is 2.33. The predicted octanol–water partition coefficient (Wildman–Crippen LogP) is 0.906. The number of aromatic nitrogens is 2. The highest BCUT2D eigenvalue weighted by molar-refractivity contribution is 4.87. The van der Waals surface area contributed by atoms with Gasteiger partial charge in [-0.3, -0.25) is 0 Å². The SMILES string of the molecule is CC(C)C(CCO)NCc1ncc[nH]1. The Morgan fingerprint density at radius 1 is 1.57 bits per heavy atom. The number of aliphatic hydroxyl groups is 1. The van der Waals surface area contributed by atoms with Crippen molar-refractivity contribution in [1.82, 2.24) is 15.3 Å². The summed E-state index contributed by atoms with van der Waals surface area (Å²) in [7, 11) is 0. The predicted molar refractivity (Wildman–Crippen MR) is 55.8 cm³/mol. The van der Waals surface area contributed by atoms with Crippen molar-refractivity contribution in [2.24, 2.45) is 5.92 Å². The second kappa shape index (κ2) is 5.78. The lowest BCUT2D eigenvalue weighted by atomic mass is 10.0. The second-order valence-corrected chi connectivity index (χ2v) is 3.78. The maximum absolute atomic E-state index is 8.88. The van der Waals surface area contributed by atoms with Crippen LogP contribution in [-0.4, -0.2) is 27.7 Å². The van der Waals surface area contributed by atoms with Crippen LogP contribution in [0.5, 0.6) is 0 Å². The van der Waals surface area contributed by atoms with Crippen molar-refractivity contribution in [3.8, 4) is 0 Å². The van der Waals surface area contributed by atoms with E-state index in [1.165, 1.54) is 0 Å². The van der Waals surface area contributed by atoms with Gasteiger partial charge in [-0.15, -0.1) is 0 Å². The molecule has 0 amide bonds. The first-order valence-corrected chi connectivity index (χ1v) is 5.06. The monoisotopic (exact) mass is 197 g/mol. The lowest BCUT2D eigenvalue weighted by Gasteiger charge is -2.20. The molecule has 0 bridgehead atoms. The Kier molecular flexibility index (Phi) is 4.62. The van der Waals surface area contributed by atoms with Gasteiger partial charge in [0.05, 0.1) is 6.54 Å². The van der Waals surface area contributed by atoms with E-state index in [4.69, 9.17) is 5.11 Å². The van der Waals surface area contributed by atoms with E-state index in [0.29, 0.717) is 12.0 Å². The minimum atomic E-state index is 0.230. The van der Waals surface area contributed by atoms with E-state index in [1.807, 2.05) is 6.20 Å². The molecule has 0 aliphatic heterocycles. The zero-order valence-corrected chi connectivity index (χ0v) is 8.83. The van der Waals surface area contributed by atoms with Crippen molar-refractivity contribution in [3.63, 3.8) is 0 Å². The van der Waals surface area contributed by atoms with Crippen LogP contribution in [0, 0.1) is 5.92 Å². The average Bonchev–Trinajstić information content (AvgIpc) is 2.64. The Bertz CT molecular complexity index is 234. The van der Waals surface area contributed by atoms with E-state index in [2.05, 4.69) is 29.1 Å². The highest BCUT2D eigenvalue weighted by Gasteiger charge is 2.11. The van der Waals surface area contributed by atoms with Crippen molar-refractivity contribution < 1.29 is 5.11 Å². The van der Waals surface area contributed by atoms with Gasteiger partial charge in [0, 0.05) is 25.0 Å². The highest BCUT2D eigenvalue weighted by Crippen LogP contribution is 2.06. The van der Waals surface area contributed by atoms with Gasteiger partial charge in [-0.05, 0) is 12.3 Å². The number of nitrogens with one attached hydrogen (secondary N) is 2. The first-order valence-electron chi connectivity index (χ1n) is 5.06. The van der Waals surface area contributed by atoms with Crippen LogP contribution < -0.4 is 5.32 Å². The van der Waals surface area contributed by atoms with Crippen LogP contribution in [0.4, 0.5) is 0 Å². The van der Waals surface area contributed by atoms with Crippen molar-refractivity contribution in [2.45, 2.75) is 32.9 Å². The van der Waals surface area contributed by atoms with E-state index in [9.17, 15) is 0 Å². The van der Waals surface area contributed by atoms with E-state index < -0.39 is 0 Å². The summed E-state index contributed by atoms with van der Waals surface area (Å²) in [6.07, 6.45) is 4.35. The molecule has 0 aliphatic rings. The smallest absolute Gasteiger partial charge is 0.120 e. The van der Waals surface area contributed by atoms with Crippen molar-refractivity contribution in [1.29, 1.82) is 0 Å². The molecule has 1 unspecified atom stereocenters. The van der Waals surface area contributed by atoms with Crippen molar-refractivity contribution in [2.75, 3.05) is 6.61 Å². The molecule has 0 spiro atoms. The van der Waals surface area contributed by atoms with Crippen molar-refractivity contribution >= 4 is 0 Å². The van der Waals surface area contributed by atoms with Crippen LogP contribution in [0.15, 0.2) is 12.4 Å². The summed E-state index contributed by atoms with van der Waals surface area (Å²) in [5, 5.41) is 12.2. The topological polar surface area (TPSA) is 60.9 Å². The molecule has 0 radical (unpaired) electrons. The van der Waals surface area contributed by atoms with Crippen LogP contribution in [0.2, 0.25) is 0 Å². The van der Waals surface area contributed by atoms with E-state index in [0.717, 1.165) is 18.8 Å². The molecule has 1 aromatic rings. The summed E-state index contributed by atoms with van der Waals surface area (Å²) in [5.41, 5.74) is 0. The van der Waals surface area contributed by atoms with Gasteiger partial charge >= 0.3 is 0 Å². The normalized spacial score (nSPS) is 13.4. The zero-order valence-electron chi connectivity index (χ0n) is 8.83. The molecule has 0 saturated carbocycles. The third-order valence-corrected chi connectivity index (χ3v) is 2.33. The molecule has 3 N–H and O–H groups in total. The fourth-order valence-electron chi connectivity index (χ4n) is 1.43. The molecule has 1 atom stereocenters. The number of aromatic amines is 1. The molecule has 14 heavy (non-hydrogen) atoms. The Balaban J connectivity index is 2.33. The van der Waals surface area contributed by atoms with E-state index in [1.54, 1.807) is 6.20 Å². The third kappa shape index (κ3) is 3.47. The minimum Gasteiger partial charge on any atom is -0.396 e. The van der Waals surface area contributed by atoms with Gasteiger partial charge in [-0.25, -0.2) is 4.98 Å². The number of nitrogens with zero attached hydrogens (tertiary/aromatic N) is 1. The molecular weight excluding hydrogens is 178 g/mol. The second-order valence-electron chi connectivity index (χ2n) is 3.78. The maximum Gasteiger partial charge on any atom is 0.120 e. The maximum atomic E-state index is 8.88. The first-order chi connectivity index (χ1) is 6.74. The lowest BCUT2D eigenvalue weighted by molar-refractivity contribution is 0.243. The molecule has 4 nitrogen and oxygen atoms in total. The average molecular weight is 197 g/mol. The molecule has 0 saturated heterocycles. The van der Waals surface area contributed by atoms with E-state index in [-0.39, 0.29) is 6.61 Å². The lowest BCUT2D eigenvalue weighted by Crippen LogP contribution is -2.34. The fraction of sp³-hybridized carbons (Fsp3) is 0.700. The summed E-state index contributed by atoms with van der Waals surface area (Å²) in [5.74, 6) is 1.46. The molecule has 4 heteroatoms. The van der Waals surface area contributed by atoms with Gasteiger partial charge in [0.25, 0.3) is 0 Å². The summed E-state index contributed by atoms with van der Waals surface area (Å²) in [6.45, 7) is 5.26. The number of imidazole rings is 1. The molecule has 80 valence electrons. The van der Waals surface area contributed by atoms with Crippen molar-refractivity contribution in [3.05, 3.63) is 18.2 Å². The molecule has 1 heterocycles. The molecular formula is C10H19N3O. The zero-order chi connectivity index (χ0) is 10.4. The molecule has 0 aliphatic carbocycles. The van der Waals surface area contributed by atoms with Gasteiger partial charge in [-0.2, -0.15) is 0 Å². The minimum absolute atomic E-state index is 0.230. The van der Waals surface area contributed by atoms with Gasteiger partial charge in [0.15, 0.2) is 0 Å². The van der Waals surface area contributed by atoms with E-state index >= 15 is 0 Å². The van der Waals surface area contributed by atoms with Crippen LogP contribution in [0.1, 0.15) is 26.1 Å². The Morgan fingerprint density at radius 3 is 2.86 bits per heavy atom. The number of aliphatic hydroxyl groups excluding tert-OH is 1. The Morgan fingerprint density at radius 2 is 2.36 bits per heavy atom. The quantitative estimate of drug-likeness (QED) is 0.635. The number of hydrogen-bond donors (Lipinski definition) is 3. The first kappa shape index (κ1) is 11.2. The number of rotatable bonds is 6. The summed E-state index contributed by atoms with van der Waals surface area (Å²) in [4.78, 5) is 7.16. The summed E-state index contributed by atoms with van der Waals surface area (Å²) < 4.78 is 0. The van der Waals surface area contributed by atoms with Crippen LogP contribution in [0.25, 0.3) is 0 Å². The fourth-order valence-corrected chi connectivity index (χ4v) is 1.43. The van der Waals surface area contributed by atoms with Gasteiger partial charge < -0.3 is 15.4 Å². The molecule has 0 fully saturated rings. The van der Waals surface area contributed by atoms with Gasteiger partial charge in [-0.1, -0.05) is 13.8 Å². The Hall–Kier alpha value is -0.870. The summed E-state index contributed by atoms with van der Waals surface area (Å²) >= 11 is 0. The summed E-state index contributed by atoms with van der Waals surface area (Å²) in [6, 6.07) is 0.352. The van der Waals surface area contributed by atoms with Crippen LogP contribution in [0.3, 0.4) is 0 Å². The number of hydrogen-bond acceptors (Lipinski definition) is 3. The van der Waals surface area contributed by atoms with Gasteiger partial charge in [0.2, 0.25) is 0 Å². The van der Waals surface area contributed by atoms with Crippen LogP contribution >= 0.6 is 0 Å². The Labute approximate surface area is 84.8 Å².